The summed E-state index contributed by atoms with van der Waals surface area (Å²) in [6.45, 7) is 0.849. The van der Waals surface area contributed by atoms with Crippen molar-refractivity contribution in [3.05, 3.63) is 42.3 Å². The minimum absolute atomic E-state index is 0.293. The van der Waals surface area contributed by atoms with Crippen molar-refractivity contribution in [3.8, 4) is 11.6 Å². The molecule has 3 atom stereocenters. The molecule has 1 aliphatic heterocycles. The Hall–Kier alpha value is -2.21. The Kier molecular flexibility index (Phi) is 4.30. The van der Waals surface area contributed by atoms with Gasteiger partial charge in [0.2, 0.25) is 11.8 Å². The summed E-state index contributed by atoms with van der Waals surface area (Å²) >= 11 is 0. The van der Waals surface area contributed by atoms with Crippen LogP contribution < -0.4 is 10.1 Å². The lowest BCUT2D eigenvalue weighted by Gasteiger charge is -2.33. The van der Waals surface area contributed by atoms with Crippen molar-refractivity contribution in [2.75, 3.05) is 11.9 Å². The van der Waals surface area contributed by atoms with E-state index in [0.717, 1.165) is 32.3 Å². The van der Waals surface area contributed by atoms with Crippen LogP contribution >= 0.6 is 0 Å². The second-order valence-corrected chi connectivity index (χ2v) is 6.32. The van der Waals surface area contributed by atoms with Crippen molar-refractivity contribution >= 4 is 5.95 Å². The maximum Gasteiger partial charge on any atom is 0.226 e. The molecule has 0 spiro atoms. The summed E-state index contributed by atoms with van der Waals surface area (Å²) < 4.78 is 24.4. The van der Waals surface area contributed by atoms with Crippen LogP contribution in [0.5, 0.6) is 11.6 Å². The fourth-order valence-electron chi connectivity index (χ4n) is 3.61. The van der Waals surface area contributed by atoms with Gasteiger partial charge >= 0.3 is 0 Å². The van der Waals surface area contributed by atoms with E-state index in [9.17, 15) is 4.39 Å². The molecule has 5 nitrogen and oxygen atoms in total. The number of halogens is 1. The van der Waals surface area contributed by atoms with E-state index < -0.39 is 0 Å². The Balaban J connectivity index is 1.45. The Morgan fingerprint density at radius 3 is 2.88 bits per heavy atom. The first-order valence-electron chi connectivity index (χ1n) is 8.42. The van der Waals surface area contributed by atoms with E-state index in [-0.39, 0.29) is 5.82 Å². The zero-order valence-electron chi connectivity index (χ0n) is 13.3. The topological polar surface area (TPSA) is 56.3 Å². The van der Waals surface area contributed by atoms with Gasteiger partial charge in [-0.3, -0.25) is 0 Å². The molecule has 1 aromatic heterocycles. The fourth-order valence-corrected chi connectivity index (χ4v) is 3.61. The van der Waals surface area contributed by atoms with Gasteiger partial charge in [-0.1, -0.05) is 0 Å². The van der Waals surface area contributed by atoms with E-state index in [1.807, 2.05) is 0 Å². The second-order valence-electron chi connectivity index (χ2n) is 6.32. The molecule has 24 heavy (non-hydrogen) atoms. The maximum atomic E-state index is 13.0. The molecular weight excluding hydrogens is 309 g/mol. The highest BCUT2D eigenvalue weighted by molar-refractivity contribution is 5.32. The highest BCUT2D eigenvalue weighted by Crippen LogP contribution is 2.35. The largest absolute Gasteiger partial charge is 0.439 e. The van der Waals surface area contributed by atoms with Crippen molar-refractivity contribution in [2.24, 2.45) is 5.92 Å². The predicted molar refractivity (Wildman–Crippen MR) is 87.6 cm³/mol. The predicted octanol–water partition coefficient (Wildman–Crippen LogP) is 3.78. The van der Waals surface area contributed by atoms with Gasteiger partial charge in [0.1, 0.15) is 11.6 Å². The van der Waals surface area contributed by atoms with Crippen LogP contribution in [0.4, 0.5) is 10.3 Å². The molecule has 2 aliphatic rings. The quantitative estimate of drug-likeness (QED) is 0.925. The van der Waals surface area contributed by atoms with Crippen molar-refractivity contribution in [1.82, 2.24) is 9.97 Å². The summed E-state index contributed by atoms with van der Waals surface area (Å²) in [6.07, 6.45) is 6.54. The van der Waals surface area contributed by atoms with E-state index in [1.54, 1.807) is 24.4 Å². The molecule has 3 unspecified atom stereocenters. The van der Waals surface area contributed by atoms with Gasteiger partial charge in [0.25, 0.3) is 0 Å². The van der Waals surface area contributed by atoms with Crippen LogP contribution in [0.3, 0.4) is 0 Å². The lowest BCUT2D eigenvalue weighted by Crippen LogP contribution is -2.38. The molecule has 6 heteroatoms. The van der Waals surface area contributed by atoms with E-state index in [4.69, 9.17) is 9.47 Å². The van der Waals surface area contributed by atoms with Crippen LogP contribution in [0.1, 0.15) is 25.7 Å². The monoisotopic (exact) mass is 329 g/mol. The minimum Gasteiger partial charge on any atom is -0.439 e. The first-order valence-corrected chi connectivity index (χ1v) is 8.42. The molecular formula is C18H20FN3O2. The third-order valence-corrected chi connectivity index (χ3v) is 4.76. The van der Waals surface area contributed by atoms with Crippen LogP contribution in [-0.4, -0.2) is 28.7 Å². The summed E-state index contributed by atoms with van der Waals surface area (Å²) in [4.78, 5) is 8.72. The maximum absolute atomic E-state index is 13.0. The van der Waals surface area contributed by atoms with Crippen molar-refractivity contribution in [2.45, 2.75) is 37.8 Å². The Bertz CT molecular complexity index is 695. The minimum atomic E-state index is -0.293. The van der Waals surface area contributed by atoms with Crippen molar-refractivity contribution in [3.63, 3.8) is 0 Å². The summed E-state index contributed by atoms with van der Waals surface area (Å²) in [6, 6.07) is 7.90. The average molecular weight is 329 g/mol. The van der Waals surface area contributed by atoms with Crippen molar-refractivity contribution in [1.29, 1.82) is 0 Å². The van der Waals surface area contributed by atoms with E-state index in [2.05, 4.69) is 15.3 Å². The molecule has 0 bridgehead atoms. The standard InChI is InChI=1S/C18H20FN3O2/c19-12-4-6-13(7-5-12)24-17-8-10-20-18(22-17)21-15-2-1-3-16-14(15)9-11-23-16/h4-8,10,14-16H,1-3,9,11H2,(H,20,21,22). The fraction of sp³-hybridized carbons (Fsp3) is 0.444. The number of hydrogen-bond acceptors (Lipinski definition) is 5. The normalized spacial score (nSPS) is 26.0. The van der Waals surface area contributed by atoms with Gasteiger partial charge in [0, 0.05) is 30.8 Å². The smallest absolute Gasteiger partial charge is 0.226 e. The van der Waals surface area contributed by atoms with Crippen molar-refractivity contribution < 1.29 is 13.9 Å². The lowest BCUT2D eigenvalue weighted by molar-refractivity contribution is 0.0619. The summed E-state index contributed by atoms with van der Waals surface area (Å²) in [5.41, 5.74) is 0. The van der Waals surface area contributed by atoms with Crippen LogP contribution in [0, 0.1) is 11.7 Å². The number of fused-ring (bicyclic) bond motifs is 1. The molecule has 2 aromatic rings. The summed E-state index contributed by atoms with van der Waals surface area (Å²) in [5, 5.41) is 3.45. The number of benzene rings is 1. The molecule has 0 amide bonds. The molecule has 2 fully saturated rings. The van der Waals surface area contributed by atoms with Crippen LogP contribution in [0.15, 0.2) is 36.5 Å². The molecule has 1 saturated carbocycles. The van der Waals surface area contributed by atoms with Gasteiger partial charge in [-0.05, 0) is 49.9 Å². The van der Waals surface area contributed by atoms with E-state index >= 15 is 0 Å². The number of rotatable bonds is 4. The number of aromatic nitrogens is 2. The van der Waals surface area contributed by atoms with Gasteiger partial charge in [0.15, 0.2) is 0 Å². The van der Waals surface area contributed by atoms with Crippen LogP contribution in [0.25, 0.3) is 0 Å². The number of nitrogens with zero attached hydrogens (tertiary/aromatic N) is 2. The van der Waals surface area contributed by atoms with Gasteiger partial charge < -0.3 is 14.8 Å². The summed E-state index contributed by atoms with van der Waals surface area (Å²) in [7, 11) is 0. The lowest BCUT2D eigenvalue weighted by atomic mass is 9.82. The zero-order chi connectivity index (χ0) is 16.4. The van der Waals surface area contributed by atoms with Crippen LogP contribution in [-0.2, 0) is 4.74 Å². The van der Waals surface area contributed by atoms with Gasteiger partial charge in [0.05, 0.1) is 6.10 Å². The van der Waals surface area contributed by atoms with Crippen LogP contribution in [0.2, 0.25) is 0 Å². The molecule has 2 heterocycles. The Morgan fingerprint density at radius 2 is 2.00 bits per heavy atom. The van der Waals surface area contributed by atoms with Gasteiger partial charge in [-0.15, -0.1) is 0 Å². The molecule has 1 aromatic carbocycles. The van der Waals surface area contributed by atoms with E-state index in [1.165, 1.54) is 12.1 Å². The first-order chi connectivity index (χ1) is 11.8. The number of ether oxygens (including phenoxy) is 2. The first kappa shape index (κ1) is 15.3. The third-order valence-electron chi connectivity index (χ3n) is 4.76. The van der Waals surface area contributed by atoms with Gasteiger partial charge in [-0.25, -0.2) is 9.37 Å². The molecule has 4 rings (SSSR count). The highest BCUT2D eigenvalue weighted by atomic mass is 19.1. The molecule has 126 valence electrons. The molecule has 1 aliphatic carbocycles. The number of anilines is 1. The third kappa shape index (κ3) is 3.33. The average Bonchev–Trinajstić information content (AvgIpc) is 3.07. The zero-order valence-corrected chi connectivity index (χ0v) is 13.3. The number of hydrogen-bond donors (Lipinski definition) is 1. The Morgan fingerprint density at radius 1 is 1.12 bits per heavy atom. The Labute approximate surface area is 140 Å². The SMILES string of the molecule is Fc1ccc(Oc2ccnc(NC3CCCC4OCCC34)n2)cc1. The highest BCUT2D eigenvalue weighted by Gasteiger charge is 2.37. The van der Waals surface area contributed by atoms with E-state index in [0.29, 0.717) is 35.6 Å². The second kappa shape index (κ2) is 6.73. The molecule has 1 N–H and O–H groups in total. The number of nitrogens with one attached hydrogen (secondary N) is 1. The van der Waals surface area contributed by atoms with Gasteiger partial charge in [-0.2, -0.15) is 4.98 Å². The molecule has 0 radical (unpaired) electrons. The molecule has 1 saturated heterocycles. The summed E-state index contributed by atoms with van der Waals surface area (Å²) in [5.74, 6) is 1.78.